The van der Waals surface area contributed by atoms with E-state index in [0.29, 0.717) is 37.6 Å². The lowest BCUT2D eigenvalue weighted by molar-refractivity contribution is -0.149. The number of carbonyl (C=O) groups excluding carboxylic acids is 3. The van der Waals surface area contributed by atoms with E-state index in [2.05, 4.69) is 10.6 Å². The highest BCUT2D eigenvalue weighted by Crippen LogP contribution is 2.19. The van der Waals surface area contributed by atoms with Crippen molar-refractivity contribution >= 4 is 53.3 Å². The maximum atomic E-state index is 11.4. The van der Waals surface area contributed by atoms with Crippen LogP contribution in [0.25, 0.3) is 0 Å². The van der Waals surface area contributed by atoms with Crippen molar-refractivity contribution in [3.05, 3.63) is 0 Å². The molecule has 1 heterocycles. The minimum Gasteiger partial charge on any atom is -0.480 e. The van der Waals surface area contributed by atoms with Crippen LogP contribution in [0.2, 0.25) is 0 Å². The standard InChI is InChI=1S/C10H13NO6.C8H13NO5.C7H15NO2.C6H13NO2/c12-7(10(16)17)2-1-5-11-6(9(14)15)3-4-8(11)13;1-5(7(11)12)9-4-2-3-6(10)8(13)14;1-5(2)4-6(8-3)7(9)10;1-4(2)3-5(7)6(8)9/h6H,1-5H2,(H,14,15)(H,16,17);5,9H,2-4H2,1H3,(H,11,12)(H,13,14);5-6,8H,4H2,1-3H3,(H,9,10);4-5H,3,7H2,1-2H3,(H,8,9)/t6-;5-;6-;5-/m0000/s1. The Hall–Kier alpha value is -4.49. The summed E-state index contributed by atoms with van der Waals surface area (Å²) in [7, 11) is 1.67. The Kier molecular flexibility index (Phi) is 27.3. The summed E-state index contributed by atoms with van der Waals surface area (Å²) in [4.78, 5) is 95.9. The number of Topliss-reactive ketones (excluding diaryl/α,β-unsaturated/α-hetero) is 2. The Morgan fingerprint density at radius 3 is 1.56 bits per heavy atom. The lowest BCUT2D eigenvalue weighted by atomic mass is 10.0. The van der Waals surface area contributed by atoms with Gasteiger partial charge in [0.15, 0.2) is 0 Å². The van der Waals surface area contributed by atoms with Crippen molar-refractivity contribution in [2.75, 3.05) is 20.1 Å². The first kappa shape index (κ1) is 49.9. The average molecular weight is 723 g/mol. The first-order chi connectivity index (χ1) is 23.0. The van der Waals surface area contributed by atoms with Crippen molar-refractivity contribution < 1.29 is 73.8 Å². The number of likely N-dealkylation sites (N-methyl/N-ethyl adjacent to an activating group) is 1. The highest BCUT2D eigenvalue weighted by molar-refractivity contribution is 6.33. The quantitative estimate of drug-likeness (QED) is 0.0595. The van der Waals surface area contributed by atoms with Crippen molar-refractivity contribution in [2.45, 2.75) is 110 Å². The third-order valence-corrected chi connectivity index (χ3v) is 6.69. The van der Waals surface area contributed by atoms with Crippen LogP contribution in [0.5, 0.6) is 0 Å². The zero-order valence-corrected chi connectivity index (χ0v) is 29.4. The van der Waals surface area contributed by atoms with Crippen LogP contribution in [0.15, 0.2) is 0 Å². The second-order valence-electron chi connectivity index (χ2n) is 12.0. The summed E-state index contributed by atoms with van der Waals surface area (Å²) in [6, 6.07) is -2.61. The normalized spacial score (nSPS) is 15.2. The summed E-state index contributed by atoms with van der Waals surface area (Å²) >= 11 is 0. The van der Waals surface area contributed by atoms with Gasteiger partial charge < -0.3 is 51.9 Å². The van der Waals surface area contributed by atoms with E-state index in [0.717, 1.165) is 0 Å². The highest BCUT2D eigenvalue weighted by atomic mass is 16.4. The molecule has 1 rings (SSSR count). The molecular weight excluding hydrogens is 668 g/mol. The molecule has 19 heteroatoms. The molecule has 1 fully saturated rings. The first-order valence-corrected chi connectivity index (χ1v) is 15.9. The van der Waals surface area contributed by atoms with Crippen molar-refractivity contribution in [3.63, 3.8) is 0 Å². The molecular formula is C31H54N4O15. The zero-order valence-electron chi connectivity index (χ0n) is 29.4. The molecule has 1 aliphatic heterocycles. The van der Waals surface area contributed by atoms with Gasteiger partial charge in [0.05, 0.1) is 0 Å². The minimum atomic E-state index is -1.51. The van der Waals surface area contributed by atoms with Crippen LogP contribution >= 0.6 is 0 Å². The number of amides is 1. The second-order valence-corrected chi connectivity index (χ2v) is 12.0. The van der Waals surface area contributed by atoms with Crippen LogP contribution in [0.4, 0.5) is 0 Å². The molecule has 0 spiro atoms. The number of hydrogen-bond donors (Lipinski definition) is 9. The van der Waals surface area contributed by atoms with Crippen LogP contribution in [0.1, 0.15) is 86.0 Å². The summed E-state index contributed by atoms with van der Waals surface area (Å²) in [5.74, 6) is -7.94. The monoisotopic (exact) mass is 722 g/mol. The van der Waals surface area contributed by atoms with Crippen molar-refractivity contribution in [2.24, 2.45) is 17.6 Å². The van der Waals surface area contributed by atoms with E-state index in [-0.39, 0.29) is 50.6 Å². The van der Waals surface area contributed by atoms with E-state index in [1.807, 2.05) is 27.7 Å². The third-order valence-electron chi connectivity index (χ3n) is 6.69. The van der Waals surface area contributed by atoms with E-state index in [1.54, 1.807) is 7.05 Å². The van der Waals surface area contributed by atoms with Crippen LogP contribution in [0, 0.1) is 11.8 Å². The fraction of sp³-hybridized carbons (Fsp3) is 0.710. The number of carboxylic acid groups (broad SMARTS) is 6. The van der Waals surface area contributed by atoms with E-state index < -0.39 is 65.5 Å². The summed E-state index contributed by atoms with van der Waals surface area (Å²) in [6.45, 7) is 9.80. The topological polar surface area (TPSA) is 328 Å². The molecule has 288 valence electrons. The van der Waals surface area contributed by atoms with E-state index >= 15 is 0 Å². The molecule has 0 aromatic carbocycles. The zero-order chi connectivity index (χ0) is 39.7. The molecule has 0 bridgehead atoms. The highest BCUT2D eigenvalue weighted by Gasteiger charge is 2.35. The SMILES string of the molecule is CC(C)C[C@H](N)C(=O)O.CN[C@@H](CC(C)C)C(=O)O.C[C@H](NCCCC(=O)C(=O)O)C(=O)O.O=C(O)C(=O)CCCN1C(=O)CC[C@H]1C(=O)O. The predicted molar refractivity (Wildman–Crippen MR) is 176 cm³/mol. The fourth-order valence-electron chi connectivity index (χ4n) is 3.97. The van der Waals surface area contributed by atoms with Gasteiger partial charge in [-0.3, -0.25) is 28.8 Å². The number of ketones is 2. The molecule has 10 N–H and O–H groups in total. The number of nitrogens with one attached hydrogen (secondary N) is 2. The summed E-state index contributed by atoms with van der Waals surface area (Å²) in [5.41, 5.74) is 5.22. The minimum absolute atomic E-state index is 0.0747. The second kappa shape index (κ2) is 27.3. The molecule has 1 amide bonds. The molecule has 50 heavy (non-hydrogen) atoms. The first-order valence-electron chi connectivity index (χ1n) is 15.9. The van der Waals surface area contributed by atoms with Gasteiger partial charge in [0.25, 0.3) is 0 Å². The molecule has 0 unspecified atom stereocenters. The largest absolute Gasteiger partial charge is 0.480 e. The lowest BCUT2D eigenvalue weighted by Crippen LogP contribution is -2.39. The molecule has 0 saturated carbocycles. The Morgan fingerprint density at radius 2 is 1.24 bits per heavy atom. The Balaban J connectivity index is -0.000000609. The van der Waals surface area contributed by atoms with Gasteiger partial charge >= 0.3 is 35.8 Å². The van der Waals surface area contributed by atoms with Crippen molar-refractivity contribution in [1.82, 2.24) is 15.5 Å². The van der Waals surface area contributed by atoms with Gasteiger partial charge in [-0.25, -0.2) is 14.4 Å². The van der Waals surface area contributed by atoms with E-state index in [4.69, 9.17) is 36.4 Å². The van der Waals surface area contributed by atoms with E-state index in [9.17, 15) is 43.2 Å². The summed E-state index contributed by atoms with van der Waals surface area (Å²) in [5, 5.41) is 56.1. The maximum absolute atomic E-state index is 11.4. The van der Waals surface area contributed by atoms with Crippen molar-refractivity contribution in [1.29, 1.82) is 0 Å². The van der Waals surface area contributed by atoms with Gasteiger partial charge in [0.1, 0.15) is 24.2 Å². The molecule has 0 aromatic rings. The number of hydrogen-bond acceptors (Lipinski definition) is 12. The molecule has 1 aliphatic rings. The van der Waals surface area contributed by atoms with Crippen LogP contribution in [0.3, 0.4) is 0 Å². The lowest BCUT2D eigenvalue weighted by Gasteiger charge is -2.20. The molecule has 0 aromatic heterocycles. The van der Waals surface area contributed by atoms with Gasteiger partial charge in [0.2, 0.25) is 17.5 Å². The average Bonchev–Trinajstić information content (AvgIpc) is 3.38. The number of rotatable bonds is 20. The van der Waals surface area contributed by atoms with Crippen LogP contribution < -0.4 is 16.4 Å². The number of carbonyl (C=O) groups is 9. The van der Waals surface area contributed by atoms with Crippen LogP contribution in [-0.4, -0.2) is 133 Å². The molecule has 1 saturated heterocycles. The molecule has 19 nitrogen and oxygen atoms in total. The third kappa shape index (κ3) is 25.5. The van der Waals surface area contributed by atoms with Gasteiger partial charge in [-0.15, -0.1) is 0 Å². The summed E-state index contributed by atoms with van der Waals surface area (Å²) in [6.07, 6.45) is 1.91. The number of nitrogens with zero attached hydrogens (tertiary/aromatic N) is 1. The van der Waals surface area contributed by atoms with Crippen LogP contribution in [-0.2, 0) is 43.2 Å². The Bertz CT molecular complexity index is 1140. The molecule has 0 radical (unpaired) electrons. The molecule has 4 atom stereocenters. The number of aliphatic carboxylic acids is 6. The van der Waals surface area contributed by atoms with E-state index in [1.165, 1.54) is 11.8 Å². The van der Waals surface area contributed by atoms with Gasteiger partial charge in [-0.2, -0.15) is 0 Å². The molecule has 0 aliphatic carbocycles. The smallest absolute Gasteiger partial charge is 0.372 e. The number of carboxylic acids is 6. The predicted octanol–water partition coefficient (Wildman–Crippen LogP) is 0.128. The summed E-state index contributed by atoms with van der Waals surface area (Å²) < 4.78 is 0. The van der Waals surface area contributed by atoms with Gasteiger partial charge in [-0.1, -0.05) is 27.7 Å². The van der Waals surface area contributed by atoms with Crippen molar-refractivity contribution in [3.8, 4) is 0 Å². The Morgan fingerprint density at radius 1 is 0.760 bits per heavy atom. The van der Waals surface area contributed by atoms with Gasteiger partial charge in [-0.05, 0) is 64.5 Å². The van der Waals surface area contributed by atoms with Gasteiger partial charge in [0, 0.05) is 25.8 Å². The Labute approximate surface area is 290 Å². The number of nitrogens with two attached hydrogens (primary N) is 1. The number of likely N-dealkylation sites (tertiary alicyclic amines) is 1. The fourth-order valence-corrected chi connectivity index (χ4v) is 3.97. The maximum Gasteiger partial charge on any atom is 0.372 e.